The van der Waals surface area contributed by atoms with Gasteiger partial charge in [-0.05, 0) is 36.4 Å². The van der Waals surface area contributed by atoms with Crippen LogP contribution in [0.25, 0.3) is 11.3 Å². The minimum atomic E-state index is -1.15. The van der Waals surface area contributed by atoms with Crippen LogP contribution in [0.1, 0.15) is 31.1 Å². The molecule has 0 saturated heterocycles. The van der Waals surface area contributed by atoms with Gasteiger partial charge in [0, 0.05) is 11.8 Å². The molecule has 0 spiro atoms. The molecule has 1 aromatic heterocycles. The molecule has 2 aromatic carbocycles. The summed E-state index contributed by atoms with van der Waals surface area (Å²) in [5, 5.41) is 6.83. The summed E-state index contributed by atoms with van der Waals surface area (Å²) in [6.07, 6.45) is 1.51. The molecule has 0 fully saturated rings. The van der Waals surface area contributed by atoms with E-state index in [-0.39, 0.29) is 11.1 Å². The smallest absolute Gasteiger partial charge is 0.324 e. The van der Waals surface area contributed by atoms with Crippen molar-refractivity contribution < 1.29 is 23.6 Å². The predicted molar refractivity (Wildman–Crippen MR) is 86.3 cm³/mol. The number of nitrogens with zero attached hydrogens (tertiary/aromatic N) is 2. The fourth-order valence-electron chi connectivity index (χ4n) is 2.65. The van der Waals surface area contributed by atoms with E-state index in [2.05, 4.69) is 10.2 Å². The van der Waals surface area contributed by atoms with E-state index in [9.17, 15) is 18.8 Å². The van der Waals surface area contributed by atoms with Crippen molar-refractivity contribution in [2.45, 2.75) is 0 Å². The topological polar surface area (TPSA) is 92.4 Å². The number of aromatic nitrogens is 2. The first-order valence-electron chi connectivity index (χ1n) is 7.55. The molecule has 128 valence electrons. The molecule has 0 aliphatic carbocycles. The summed E-state index contributed by atoms with van der Waals surface area (Å²) in [5.74, 6) is -3.54. The van der Waals surface area contributed by atoms with E-state index in [1.165, 1.54) is 30.5 Å². The summed E-state index contributed by atoms with van der Waals surface area (Å²) in [5.41, 5.74) is 0.903. The monoisotopic (exact) mass is 351 g/mol. The number of imide groups is 1. The molecular weight excluding hydrogens is 341 g/mol. The van der Waals surface area contributed by atoms with Gasteiger partial charge in [0.1, 0.15) is 5.82 Å². The number of amides is 2. The normalized spacial score (nSPS) is 13.0. The Kier molecular flexibility index (Phi) is 3.58. The zero-order valence-electron chi connectivity index (χ0n) is 13.1. The lowest BCUT2D eigenvalue weighted by Crippen LogP contribution is -2.33. The van der Waals surface area contributed by atoms with Gasteiger partial charge in [0.15, 0.2) is 0 Å². The number of hydrogen-bond acceptors (Lipinski definition) is 5. The molecule has 1 aliphatic heterocycles. The molecule has 0 radical (unpaired) electrons. The van der Waals surface area contributed by atoms with Crippen LogP contribution in [0.5, 0.6) is 0 Å². The maximum absolute atomic E-state index is 14.1. The quantitative estimate of drug-likeness (QED) is 0.732. The van der Waals surface area contributed by atoms with Gasteiger partial charge in [0.05, 0.1) is 22.4 Å². The summed E-state index contributed by atoms with van der Waals surface area (Å²) in [6, 6.07) is 11.5. The predicted octanol–water partition coefficient (Wildman–Crippen LogP) is 2.58. The van der Waals surface area contributed by atoms with Crippen molar-refractivity contribution in [2.75, 3.05) is 0 Å². The van der Waals surface area contributed by atoms with E-state index in [0.29, 0.717) is 16.3 Å². The molecule has 8 heteroatoms. The van der Waals surface area contributed by atoms with Gasteiger partial charge >= 0.3 is 5.97 Å². The van der Waals surface area contributed by atoms with Crippen molar-refractivity contribution in [3.63, 3.8) is 0 Å². The van der Waals surface area contributed by atoms with Crippen LogP contribution in [-0.2, 0) is 4.84 Å². The number of carbonyl (C=O) groups excluding carboxylic acids is 3. The van der Waals surface area contributed by atoms with Crippen LogP contribution in [0.4, 0.5) is 4.39 Å². The van der Waals surface area contributed by atoms with Crippen LogP contribution in [-0.4, -0.2) is 33.0 Å². The van der Waals surface area contributed by atoms with Crippen LogP contribution < -0.4 is 0 Å². The highest BCUT2D eigenvalue weighted by Crippen LogP contribution is 2.25. The van der Waals surface area contributed by atoms with Gasteiger partial charge in [0.25, 0.3) is 11.8 Å². The van der Waals surface area contributed by atoms with Gasteiger partial charge in [-0.25, -0.2) is 9.18 Å². The first-order valence-corrected chi connectivity index (χ1v) is 7.55. The van der Waals surface area contributed by atoms with Gasteiger partial charge in [-0.2, -0.15) is 5.10 Å². The second kappa shape index (κ2) is 5.92. The number of fused-ring (bicyclic) bond motifs is 1. The minimum Gasteiger partial charge on any atom is -0.324 e. The number of aromatic amines is 1. The fraction of sp³-hybridized carbons (Fsp3) is 0. The number of nitrogens with one attached hydrogen (secondary N) is 1. The largest absolute Gasteiger partial charge is 0.366 e. The lowest BCUT2D eigenvalue weighted by Gasteiger charge is -2.13. The lowest BCUT2D eigenvalue weighted by molar-refractivity contribution is -0.0587. The third-order valence-corrected chi connectivity index (χ3v) is 3.93. The van der Waals surface area contributed by atoms with Crippen LogP contribution in [0.15, 0.2) is 54.7 Å². The molecule has 4 rings (SSSR count). The van der Waals surface area contributed by atoms with Crippen molar-refractivity contribution >= 4 is 17.8 Å². The molecular formula is C18H10FN3O4. The highest BCUT2D eigenvalue weighted by atomic mass is 19.1. The first kappa shape index (κ1) is 15.7. The zero-order valence-corrected chi connectivity index (χ0v) is 13.1. The first-order chi connectivity index (χ1) is 12.6. The average Bonchev–Trinajstić information content (AvgIpc) is 3.26. The molecule has 0 saturated carbocycles. The number of benzene rings is 2. The summed E-state index contributed by atoms with van der Waals surface area (Å²) in [7, 11) is 0. The highest BCUT2D eigenvalue weighted by molar-refractivity contribution is 6.21. The second-order valence-corrected chi connectivity index (χ2v) is 5.49. The SMILES string of the molecule is O=C(ON1C(=O)c2ccccc2C1=O)c1cc(-c2ccn[nH]2)ccc1F. The fourth-order valence-corrected chi connectivity index (χ4v) is 2.65. The Labute approximate surface area is 146 Å². The van der Waals surface area contributed by atoms with E-state index in [0.717, 1.165) is 6.07 Å². The van der Waals surface area contributed by atoms with Gasteiger partial charge in [-0.1, -0.05) is 17.2 Å². The Morgan fingerprint density at radius 1 is 1.04 bits per heavy atom. The summed E-state index contributed by atoms with van der Waals surface area (Å²) < 4.78 is 14.1. The maximum Gasteiger partial charge on any atom is 0.366 e. The Bertz CT molecular complexity index is 1010. The number of hydrogen-bond donors (Lipinski definition) is 1. The van der Waals surface area contributed by atoms with Crippen LogP contribution in [0, 0.1) is 5.82 Å². The van der Waals surface area contributed by atoms with Crippen LogP contribution >= 0.6 is 0 Å². The van der Waals surface area contributed by atoms with Crippen molar-refractivity contribution in [3.8, 4) is 11.3 Å². The van der Waals surface area contributed by atoms with E-state index in [1.54, 1.807) is 18.2 Å². The zero-order chi connectivity index (χ0) is 18.3. The molecule has 1 aliphatic rings. The number of halogens is 1. The number of H-pyrrole nitrogens is 1. The van der Waals surface area contributed by atoms with Gasteiger partial charge in [0.2, 0.25) is 0 Å². The highest BCUT2D eigenvalue weighted by Gasteiger charge is 2.39. The summed E-state index contributed by atoms with van der Waals surface area (Å²) in [4.78, 5) is 41.7. The van der Waals surface area contributed by atoms with E-state index < -0.39 is 29.2 Å². The molecule has 0 unspecified atom stereocenters. The van der Waals surface area contributed by atoms with E-state index in [1.807, 2.05) is 0 Å². The molecule has 26 heavy (non-hydrogen) atoms. The van der Waals surface area contributed by atoms with Crippen LogP contribution in [0.3, 0.4) is 0 Å². The third-order valence-electron chi connectivity index (χ3n) is 3.93. The number of hydroxylamine groups is 2. The number of carbonyl (C=O) groups is 3. The van der Waals surface area contributed by atoms with Crippen molar-refractivity contribution in [1.29, 1.82) is 0 Å². The molecule has 3 aromatic rings. The Morgan fingerprint density at radius 2 is 1.73 bits per heavy atom. The van der Waals surface area contributed by atoms with Crippen molar-refractivity contribution in [2.24, 2.45) is 0 Å². The molecule has 2 amide bonds. The van der Waals surface area contributed by atoms with Gasteiger partial charge < -0.3 is 4.84 Å². The maximum atomic E-state index is 14.1. The van der Waals surface area contributed by atoms with E-state index in [4.69, 9.17) is 4.84 Å². The molecule has 7 nitrogen and oxygen atoms in total. The average molecular weight is 351 g/mol. The lowest BCUT2D eigenvalue weighted by atomic mass is 10.1. The number of rotatable bonds is 3. The Hall–Kier alpha value is -3.81. The van der Waals surface area contributed by atoms with Crippen molar-refractivity contribution in [1.82, 2.24) is 15.3 Å². The Balaban J connectivity index is 1.63. The standard InChI is InChI=1S/C18H10FN3O4/c19-14-6-5-10(15-7-8-20-21-15)9-13(14)18(25)26-22-16(23)11-3-1-2-4-12(11)17(22)24/h1-9H,(H,20,21). The minimum absolute atomic E-state index is 0.122. The van der Waals surface area contributed by atoms with Crippen molar-refractivity contribution in [3.05, 3.63) is 77.2 Å². The van der Waals surface area contributed by atoms with E-state index >= 15 is 0 Å². The van der Waals surface area contributed by atoms with Gasteiger partial charge in [-0.3, -0.25) is 14.7 Å². The molecule has 0 bridgehead atoms. The molecule has 1 N–H and O–H groups in total. The molecule has 2 heterocycles. The Morgan fingerprint density at radius 3 is 2.35 bits per heavy atom. The molecule has 0 atom stereocenters. The third kappa shape index (κ3) is 2.44. The second-order valence-electron chi connectivity index (χ2n) is 5.49. The summed E-state index contributed by atoms with van der Waals surface area (Å²) >= 11 is 0. The summed E-state index contributed by atoms with van der Waals surface area (Å²) in [6.45, 7) is 0. The van der Waals surface area contributed by atoms with Gasteiger partial charge in [-0.15, -0.1) is 0 Å². The van der Waals surface area contributed by atoms with Crippen LogP contribution in [0.2, 0.25) is 0 Å².